The van der Waals surface area contributed by atoms with Gasteiger partial charge in [-0.3, -0.25) is 9.36 Å². The van der Waals surface area contributed by atoms with Crippen molar-refractivity contribution in [2.75, 3.05) is 0 Å². The molecule has 0 unspecified atom stereocenters. The monoisotopic (exact) mass is 163 g/mol. The van der Waals surface area contributed by atoms with Gasteiger partial charge in [-0.25, -0.2) is 4.98 Å². The molecule has 0 aromatic carbocycles. The number of rotatable bonds is 1. The molecule has 1 rings (SSSR count). The lowest BCUT2D eigenvalue weighted by molar-refractivity contribution is 0.0854. The minimum atomic E-state index is -0.119. The minimum absolute atomic E-state index is 0.107. The van der Waals surface area contributed by atoms with Gasteiger partial charge >= 0.3 is 0 Å². The molecule has 0 bridgehead atoms. The van der Waals surface area contributed by atoms with E-state index in [1.807, 2.05) is 6.07 Å². The molecule has 0 atom stereocenters. The number of imidazole rings is 1. The van der Waals surface area contributed by atoms with Crippen LogP contribution in [0.3, 0.4) is 0 Å². The molecule has 62 valence electrons. The molecule has 0 saturated heterocycles. The number of nitrogens with zero attached hydrogens (tertiary/aromatic N) is 3. The Bertz CT molecular complexity index is 332. The summed E-state index contributed by atoms with van der Waals surface area (Å²) in [6, 6.07) is 1.84. The number of hydrogen-bond acceptors (Lipinski definition) is 3. The molecule has 1 heterocycles. The second kappa shape index (κ2) is 3.18. The van der Waals surface area contributed by atoms with Crippen LogP contribution in [0.4, 0.5) is 0 Å². The molecule has 0 radical (unpaired) electrons. The smallest absolute Gasteiger partial charge is 0.235 e. The molecule has 0 aliphatic heterocycles. The van der Waals surface area contributed by atoms with Gasteiger partial charge in [-0.1, -0.05) is 13.8 Å². The highest BCUT2D eigenvalue weighted by molar-refractivity contribution is 5.81. The first kappa shape index (κ1) is 8.47. The van der Waals surface area contributed by atoms with Gasteiger partial charge in [0.25, 0.3) is 0 Å². The average molecular weight is 163 g/mol. The van der Waals surface area contributed by atoms with Crippen LogP contribution < -0.4 is 0 Å². The summed E-state index contributed by atoms with van der Waals surface area (Å²) in [6.45, 7) is 3.56. The van der Waals surface area contributed by atoms with Gasteiger partial charge in [0, 0.05) is 18.3 Å². The minimum Gasteiger partial charge on any atom is -0.274 e. The Kier molecular flexibility index (Phi) is 2.24. The third-order valence-corrected chi connectivity index (χ3v) is 1.47. The lowest BCUT2D eigenvalue weighted by atomic mass is 10.2. The lowest BCUT2D eigenvalue weighted by Crippen LogP contribution is -2.17. The van der Waals surface area contributed by atoms with E-state index in [4.69, 9.17) is 5.26 Å². The maximum Gasteiger partial charge on any atom is 0.235 e. The van der Waals surface area contributed by atoms with Gasteiger partial charge < -0.3 is 0 Å². The van der Waals surface area contributed by atoms with Crippen LogP contribution >= 0.6 is 0 Å². The quantitative estimate of drug-likeness (QED) is 0.621. The van der Waals surface area contributed by atoms with E-state index in [0.29, 0.717) is 0 Å². The fraction of sp³-hybridized carbons (Fsp3) is 0.375. The molecule has 1 aromatic rings. The van der Waals surface area contributed by atoms with Crippen molar-refractivity contribution in [1.82, 2.24) is 9.55 Å². The van der Waals surface area contributed by atoms with Crippen molar-refractivity contribution < 1.29 is 4.79 Å². The Morgan fingerprint density at radius 3 is 2.92 bits per heavy atom. The van der Waals surface area contributed by atoms with Crippen molar-refractivity contribution in [3.63, 3.8) is 0 Å². The SMILES string of the molecule is CC(C)C(=O)n1ccnc1C#N. The predicted octanol–water partition coefficient (Wildman–Crippen LogP) is 1.05. The molecule has 0 saturated carbocycles. The highest BCUT2D eigenvalue weighted by Gasteiger charge is 2.12. The van der Waals surface area contributed by atoms with Gasteiger partial charge in [0.15, 0.2) is 0 Å². The maximum absolute atomic E-state index is 11.4. The van der Waals surface area contributed by atoms with E-state index < -0.39 is 0 Å². The molecule has 4 heteroatoms. The van der Waals surface area contributed by atoms with E-state index in [2.05, 4.69) is 4.98 Å². The summed E-state index contributed by atoms with van der Waals surface area (Å²) in [4.78, 5) is 15.1. The van der Waals surface area contributed by atoms with Crippen molar-refractivity contribution in [2.24, 2.45) is 5.92 Å². The Morgan fingerprint density at radius 1 is 1.75 bits per heavy atom. The highest BCUT2D eigenvalue weighted by Crippen LogP contribution is 2.02. The fourth-order valence-corrected chi connectivity index (χ4v) is 0.842. The Hall–Kier alpha value is -1.63. The van der Waals surface area contributed by atoms with Gasteiger partial charge in [0.2, 0.25) is 11.7 Å². The first-order chi connectivity index (χ1) is 5.66. The number of aromatic nitrogens is 2. The van der Waals surface area contributed by atoms with Gasteiger partial charge in [-0.05, 0) is 0 Å². The Balaban J connectivity index is 3.04. The molecular formula is C8H9N3O. The first-order valence-corrected chi connectivity index (χ1v) is 3.64. The fourth-order valence-electron chi connectivity index (χ4n) is 0.842. The van der Waals surface area contributed by atoms with Crippen LogP contribution in [0, 0.1) is 17.2 Å². The van der Waals surface area contributed by atoms with Crippen molar-refractivity contribution in [3.05, 3.63) is 18.2 Å². The molecule has 1 aromatic heterocycles. The molecule has 0 fully saturated rings. The average Bonchev–Trinajstić information content (AvgIpc) is 2.49. The topological polar surface area (TPSA) is 58.7 Å². The largest absolute Gasteiger partial charge is 0.274 e. The van der Waals surface area contributed by atoms with Crippen LogP contribution in [0.25, 0.3) is 0 Å². The number of carbonyl (C=O) groups is 1. The van der Waals surface area contributed by atoms with E-state index in [9.17, 15) is 4.79 Å². The summed E-state index contributed by atoms with van der Waals surface area (Å²) >= 11 is 0. The molecule has 0 spiro atoms. The van der Waals surface area contributed by atoms with Gasteiger partial charge in [0.1, 0.15) is 6.07 Å². The number of carbonyl (C=O) groups excluding carboxylic acids is 1. The zero-order valence-corrected chi connectivity index (χ0v) is 6.98. The summed E-state index contributed by atoms with van der Waals surface area (Å²) < 4.78 is 1.27. The maximum atomic E-state index is 11.4. The zero-order valence-electron chi connectivity index (χ0n) is 6.98. The zero-order chi connectivity index (χ0) is 9.14. The molecule has 0 N–H and O–H groups in total. The van der Waals surface area contributed by atoms with Gasteiger partial charge in [0.05, 0.1) is 0 Å². The first-order valence-electron chi connectivity index (χ1n) is 3.64. The summed E-state index contributed by atoms with van der Waals surface area (Å²) in [7, 11) is 0. The van der Waals surface area contributed by atoms with Crippen LogP contribution in [0.1, 0.15) is 24.5 Å². The van der Waals surface area contributed by atoms with Gasteiger partial charge in [-0.15, -0.1) is 0 Å². The van der Waals surface area contributed by atoms with E-state index in [1.54, 1.807) is 13.8 Å². The van der Waals surface area contributed by atoms with Gasteiger partial charge in [-0.2, -0.15) is 5.26 Å². The van der Waals surface area contributed by atoms with Crippen molar-refractivity contribution in [3.8, 4) is 6.07 Å². The summed E-state index contributed by atoms with van der Waals surface area (Å²) in [5, 5.41) is 8.55. The summed E-state index contributed by atoms with van der Waals surface area (Å²) in [5.41, 5.74) is 0. The molecule has 0 aliphatic carbocycles. The predicted molar refractivity (Wildman–Crippen MR) is 42.4 cm³/mol. The Labute approximate surface area is 70.4 Å². The Morgan fingerprint density at radius 2 is 2.42 bits per heavy atom. The second-order valence-electron chi connectivity index (χ2n) is 2.73. The van der Waals surface area contributed by atoms with Crippen LogP contribution in [0.5, 0.6) is 0 Å². The second-order valence-corrected chi connectivity index (χ2v) is 2.73. The number of hydrogen-bond donors (Lipinski definition) is 0. The molecular weight excluding hydrogens is 154 g/mol. The molecule has 12 heavy (non-hydrogen) atoms. The molecule has 4 nitrogen and oxygen atoms in total. The van der Waals surface area contributed by atoms with Crippen LogP contribution in [0.2, 0.25) is 0 Å². The van der Waals surface area contributed by atoms with Crippen LogP contribution in [-0.4, -0.2) is 15.5 Å². The van der Waals surface area contributed by atoms with E-state index in [1.165, 1.54) is 17.0 Å². The van der Waals surface area contributed by atoms with Crippen molar-refractivity contribution >= 4 is 5.91 Å². The lowest BCUT2D eigenvalue weighted by Gasteiger charge is -2.03. The summed E-state index contributed by atoms with van der Waals surface area (Å²) in [6.07, 6.45) is 2.94. The standard InChI is InChI=1S/C8H9N3O/c1-6(2)8(12)11-4-3-10-7(11)5-9/h3-4,6H,1-2H3. The van der Waals surface area contributed by atoms with E-state index in [-0.39, 0.29) is 17.6 Å². The van der Waals surface area contributed by atoms with Crippen molar-refractivity contribution in [2.45, 2.75) is 13.8 Å². The number of nitriles is 1. The summed E-state index contributed by atoms with van der Waals surface area (Å²) in [5.74, 6) is -0.0796. The van der Waals surface area contributed by atoms with Crippen molar-refractivity contribution in [1.29, 1.82) is 5.26 Å². The van der Waals surface area contributed by atoms with E-state index in [0.717, 1.165) is 0 Å². The third-order valence-electron chi connectivity index (χ3n) is 1.47. The van der Waals surface area contributed by atoms with Crippen LogP contribution in [-0.2, 0) is 0 Å². The molecule has 0 aliphatic rings. The normalized spacial score (nSPS) is 9.83. The highest BCUT2D eigenvalue weighted by atomic mass is 16.2. The van der Waals surface area contributed by atoms with Crippen LogP contribution in [0.15, 0.2) is 12.4 Å². The third kappa shape index (κ3) is 1.35. The molecule has 0 amide bonds. The van der Waals surface area contributed by atoms with E-state index >= 15 is 0 Å².